The molecule has 1 N–H and O–H groups in total. The lowest BCUT2D eigenvalue weighted by Gasteiger charge is -2.35. The summed E-state index contributed by atoms with van der Waals surface area (Å²) in [7, 11) is 0. The molecular weight excluding hydrogens is 322 g/mol. The highest BCUT2D eigenvalue weighted by molar-refractivity contribution is 4.73. The standard InChI is InChI=1S/C21H47N5/c1-7-21(6)26(20(4)5)13-11-22-10-12-23(8-2)14-17-25-18-15-24(9-3)16-19-25/h20-22H,7-19H2,1-6H3. The minimum absolute atomic E-state index is 0.632. The molecule has 0 aromatic heterocycles. The van der Waals surface area contributed by atoms with Crippen molar-refractivity contribution in [2.24, 2.45) is 0 Å². The Bertz CT molecular complexity index is 328. The third-order valence-electron chi connectivity index (χ3n) is 6.06. The number of piperazine rings is 1. The Kier molecular flexibility index (Phi) is 12.7. The molecule has 1 unspecified atom stereocenters. The van der Waals surface area contributed by atoms with E-state index >= 15 is 0 Å². The Balaban J connectivity index is 2.14. The molecule has 5 heteroatoms. The fourth-order valence-corrected chi connectivity index (χ4v) is 3.83. The van der Waals surface area contributed by atoms with Crippen molar-refractivity contribution in [1.29, 1.82) is 0 Å². The first-order valence-corrected chi connectivity index (χ1v) is 11.1. The number of rotatable bonds is 14. The van der Waals surface area contributed by atoms with Crippen molar-refractivity contribution in [1.82, 2.24) is 24.9 Å². The van der Waals surface area contributed by atoms with Gasteiger partial charge in [0.25, 0.3) is 0 Å². The summed E-state index contributed by atoms with van der Waals surface area (Å²) in [5.74, 6) is 0. The van der Waals surface area contributed by atoms with Crippen LogP contribution in [0.15, 0.2) is 0 Å². The lowest BCUT2D eigenvalue weighted by molar-refractivity contribution is 0.123. The molecule has 0 aliphatic carbocycles. The second-order valence-corrected chi connectivity index (χ2v) is 8.05. The lowest BCUT2D eigenvalue weighted by atomic mass is 10.2. The van der Waals surface area contributed by atoms with Gasteiger partial charge in [0.1, 0.15) is 0 Å². The summed E-state index contributed by atoms with van der Waals surface area (Å²) in [6.07, 6.45) is 1.23. The summed E-state index contributed by atoms with van der Waals surface area (Å²) < 4.78 is 0. The zero-order valence-corrected chi connectivity index (χ0v) is 18.6. The molecule has 0 spiro atoms. The van der Waals surface area contributed by atoms with Gasteiger partial charge in [0.15, 0.2) is 0 Å². The van der Waals surface area contributed by atoms with Crippen LogP contribution in [0.4, 0.5) is 0 Å². The largest absolute Gasteiger partial charge is 0.314 e. The first kappa shape index (κ1) is 23.8. The normalized spacial score (nSPS) is 18.3. The van der Waals surface area contributed by atoms with Gasteiger partial charge in [-0.3, -0.25) is 9.80 Å². The van der Waals surface area contributed by atoms with Gasteiger partial charge in [0.05, 0.1) is 0 Å². The predicted octanol–water partition coefficient (Wildman–Crippen LogP) is 2.04. The van der Waals surface area contributed by atoms with E-state index in [2.05, 4.69) is 66.5 Å². The molecular formula is C21H47N5. The minimum atomic E-state index is 0.632. The lowest BCUT2D eigenvalue weighted by Crippen LogP contribution is -2.48. The maximum atomic E-state index is 3.66. The molecule has 1 saturated heterocycles. The fraction of sp³-hybridized carbons (Fsp3) is 1.00. The summed E-state index contributed by atoms with van der Waals surface area (Å²) in [4.78, 5) is 10.4. The minimum Gasteiger partial charge on any atom is -0.314 e. The van der Waals surface area contributed by atoms with E-state index < -0.39 is 0 Å². The summed E-state index contributed by atoms with van der Waals surface area (Å²) >= 11 is 0. The second-order valence-electron chi connectivity index (χ2n) is 8.05. The van der Waals surface area contributed by atoms with Crippen LogP contribution in [0.3, 0.4) is 0 Å². The zero-order chi connectivity index (χ0) is 19.4. The second kappa shape index (κ2) is 13.9. The fourth-order valence-electron chi connectivity index (χ4n) is 3.83. The Morgan fingerprint density at radius 3 is 2.00 bits per heavy atom. The van der Waals surface area contributed by atoms with Crippen molar-refractivity contribution in [2.45, 2.75) is 60.0 Å². The zero-order valence-electron chi connectivity index (χ0n) is 18.6. The SMILES string of the molecule is CCC(C)N(CCNCCN(CC)CCN1CCN(CC)CC1)C(C)C. The van der Waals surface area contributed by atoms with Gasteiger partial charge in [-0.15, -0.1) is 0 Å². The highest BCUT2D eigenvalue weighted by atomic mass is 15.3. The summed E-state index contributed by atoms with van der Waals surface area (Å²) in [5, 5.41) is 3.66. The molecule has 0 aromatic rings. The average Bonchev–Trinajstić information content (AvgIpc) is 2.66. The molecule has 0 radical (unpaired) electrons. The molecule has 1 fully saturated rings. The van der Waals surface area contributed by atoms with Crippen LogP contribution in [-0.4, -0.2) is 110 Å². The van der Waals surface area contributed by atoms with E-state index in [4.69, 9.17) is 0 Å². The number of nitrogens with zero attached hydrogens (tertiary/aromatic N) is 4. The van der Waals surface area contributed by atoms with E-state index in [1.54, 1.807) is 0 Å². The third kappa shape index (κ3) is 9.14. The van der Waals surface area contributed by atoms with Crippen LogP contribution in [0.2, 0.25) is 0 Å². The number of hydrogen-bond acceptors (Lipinski definition) is 5. The highest BCUT2D eigenvalue weighted by Gasteiger charge is 2.16. The Hall–Kier alpha value is -0.200. The van der Waals surface area contributed by atoms with Crippen molar-refractivity contribution in [3.8, 4) is 0 Å². The van der Waals surface area contributed by atoms with Crippen LogP contribution in [0.1, 0.15) is 48.0 Å². The summed E-state index contributed by atoms with van der Waals surface area (Å²) in [6.45, 7) is 28.1. The molecule has 0 saturated carbocycles. The monoisotopic (exact) mass is 369 g/mol. The van der Waals surface area contributed by atoms with Crippen LogP contribution in [0.25, 0.3) is 0 Å². The molecule has 156 valence electrons. The Morgan fingerprint density at radius 1 is 0.846 bits per heavy atom. The van der Waals surface area contributed by atoms with Crippen LogP contribution < -0.4 is 5.32 Å². The maximum absolute atomic E-state index is 3.66. The molecule has 1 rings (SSSR count). The van der Waals surface area contributed by atoms with Gasteiger partial charge >= 0.3 is 0 Å². The van der Waals surface area contributed by atoms with E-state index in [0.29, 0.717) is 12.1 Å². The predicted molar refractivity (Wildman–Crippen MR) is 115 cm³/mol. The molecule has 1 aliphatic heterocycles. The van der Waals surface area contributed by atoms with E-state index in [0.717, 1.165) is 32.7 Å². The number of nitrogens with one attached hydrogen (secondary N) is 1. The van der Waals surface area contributed by atoms with Gasteiger partial charge in [0.2, 0.25) is 0 Å². The summed E-state index contributed by atoms with van der Waals surface area (Å²) in [5.41, 5.74) is 0. The number of hydrogen-bond donors (Lipinski definition) is 1. The van der Waals surface area contributed by atoms with Crippen LogP contribution in [-0.2, 0) is 0 Å². The first-order chi connectivity index (χ1) is 12.5. The van der Waals surface area contributed by atoms with Gasteiger partial charge in [0, 0.05) is 77.5 Å². The first-order valence-electron chi connectivity index (χ1n) is 11.1. The quantitative estimate of drug-likeness (QED) is 0.473. The number of likely N-dealkylation sites (N-methyl/N-ethyl adjacent to an activating group) is 2. The smallest absolute Gasteiger partial charge is 0.0112 e. The highest BCUT2D eigenvalue weighted by Crippen LogP contribution is 2.07. The van der Waals surface area contributed by atoms with Crippen molar-refractivity contribution in [3.63, 3.8) is 0 Å². The third-order valence-corrected chi connectivity index (χ3v) is 6.06. The van der Waals surface area contributed by atoms with Crippen molar-refractivity contribution < 1.29 is 0 Å². The van der Waals surface area contributed by atoms with Crippen LogP contribution >= 0.6 is 0 Å². The summed E-state index contributed by atoms with van der Waals surface area (Å²) in [6, 6.07) is 1.31. The Morgan fingerprint density at radius 2 is 1.46 bits per heavy atom. The molecule has 1 atom stereocenters. The van der Waals surface area contributed by atoms with Crippen LogP contribution in [0, 0.1) is 0 Å². The molecule has 0 bridgehead atoms. The van der Waals surface area contributed by atoms with E-state index in [1.807, 2.05) is 0 Å². The molecule has 1 heterocycles. The molecule has 1 aliphatic rings. The molecule has 0 amide bonds. The van der Waals surface area contributed by atoms with Gasteiger partial charge in [-0.2, -0.15) is 0 Å². The average molecular weight is 370 g/mol. The van der Waals surface area contributed by atoms with E-state index in [-0.39, 0.29) is 0 Å². The molecule has 5 nitrogen and oxygen atoms in total. The van der Waals surface area contributed by atoms with Gasteiger partial charge in [-0.25, -0.2) is 0 Å². The van der Waals surface area contributed by atoms with Crippen molar-refractivity contribution in [3.05, 3.63) is 0 Å². The van der Waals surface area contributed by atoms with Gasteiger partial charge < -0.3 is 15.1 Å². The molecule has 0 aromatic carbocycles. The van der Waals surface area contributed by atoms with E-state index in [9.17, 15) is 0 Å². The van der Waals surface area contributed by atoms with Crippen molar-refractivity contribution >= 4 is 0 Å². The van der Waals surface area contributed by atoms with E-state index in [1.165, 1.54) is 52.2 Å². The van der Waals surface area contributed by atoms with Crippen molar-refractivity contribution in [2.75, 3.05) is 78.5 Å². The molecule has 26 heavy (non-hydrogen) atoms. The maximum Gasteiger partial charge on any atom is 0.0112 e. The Labute approximate surface area is 164 Å². The van der Waals surface area contributed by atoms with Gasteiger partial charge in [-0.1, -0.05) is 20.8 Å². The van der Waals surface area contributed by atoms with Crippen LogP contribution in [0.5, 0.6) is 0 Å². The van der Waals surface area contributed by atoms with Gasteiger partial charge in [-0.05, 0) is 40.3 Å². The topological polar surface area (TPSA) is 25.0 Å².